The van der Waals surface area contributed by atoms with Crippen molar-refractivity contribution in [1.29, 1.82) is 0 Å². The molecule has 0 fully saturated rings. The highest BCUT2D eigenvalue weighted by Gasteiger charge is 2.44. The number of hydrogen-bond donors (Lipinski definition) is 1. The molecule has 3 aromatic rings. The van der Waals surface area contributed by atoms with Gasteiger partial charge in [-0.2, -0.15) is 0 Å². The highest BCUT2D eigenvalue weighted by atomic mass is 32.1. The zero-order valence-corrected chi connectivity index (χ0v) is 21.4. The minimum absolute atomic E-state index is 0.129. The summed E-state index contributed by atoms with van der Waals surface area (Å²) in [7, 11) is 0. The molecule has 1 aliphatic heterocycles. The van der Waals surface area contributed by atoms with Crippen LogP contribution in [0.25, 0.3) is 10.6 Å². The van der Waals surface area contributed by atoms with Gasteiger partial charge in [-0.05, 0) is 32.5 Å². The second-order valence-electron chi connectivity index (χ2n) is 8.73. The molecule has 4 rings (SSSR count). The summed E-state index contributed by atoms with van der Waals surface area (Å²) >= 11 is 1.29. The van der Waals surface area contributed by atoms with E-state index in [9.17, 15) is 14.7 Å². The first-order chi connectivity index (χ1) is 16.8. The molecule has 0 aliphatic carbocycles. The molecule has 7 heteroatoms. The van der Waals surface area contributed by atoms with E-state index < -0.39 is 17.7 Å². The van der Waals surface area contributed by atoms with Crippen molar-refractivity contribution in [1.82, 2.24) is 14.8 Å². The molecule has 1 aromatic heterocycles. The minimum atomic E-state index is -0.646. The molecule has 1 amide bonds. The largest absolute Gasteiger partial charge is 0.503 e. The van der Waals surface area contributed by atoms with E-state index in [1.54, 1.807) is 11.8 Å². The molecule has 1 atom stereocenters. The smallest absolute Gasteiger partial charge is 0.290 e. The van der Waals surface area contributed by atoms with Gasteiger partial charge in [0.15, 0.2) is 5.76 Å². The van der Waals surface area contributed by atoms with Gasteiger partial charge in [0, 0.05) is 18.7 Å². The van der Waals surface area contributed by atoms with Crippen LogP contribution in [0.2, 0.25) is 0 Å². The summed E-state index contributed by atoms with van der Waals surface area (Å²) in [5.74, 6) is -1.31. The summed E-state index contributed by atoms with van der Waals surface area (Å²) < 4.78 is 0. The van der Waals surface area contributed by atoms with E-state index >= 15 is 0 Å². The molecular formula is C28H31N3O3S. The Bertz CT molecular complexity index is 1240. The molecule has 182 valence electrons. The van der Waals surface area contributed by atoms with E-state index in [0.29, 0.717) is 23.7 Å². The van der Waals surface area contributed by atoms with E-state index in [-0.39, 0.29) is 11.4 Å². The fourth-order valence-electron chi connectivity index (χ4n) is 4.43. The van der Waals surface area contributed by atoms with Crippen molar-refractivity contribution in [3.8, 4) is 10.6 Å². The number of Topliss-reactive ketones (excluding diaryl/α,β-unsaturated/α-hetero) is 1. The summed E-state index contributed by atoms with van der Waals surface area (Å²) in [5.41, 5.74) is 3.54. The molecule has 0 bridgehead atoms. The number of aliphatic hydroxyl groups is 1. The zero-order valence-electron chi connectivity index (χ0n) is 20.6. The molecule has 0 spiro atoms. The van der Waals surface area contributed by atoms with Gasteiger partial charge in [0.2, 0.25) is 5.78 Å². The maximum atomic E-state index is 13.9. The Morgan fingerprint density at radius 3 is 2.34 bits per heavy atom. The van der Waals surface area contributed by atoms with Gasteiger partial charge >= 0.3 is 0 Å². The van der Waals surface area contributed by atoms with Crippen molar-refractivity contribution in [3.63, 3.8) is 0 Å². The van der Waals surface area contributed by atoms with Gasteiger partial charge in [-0.25, -0.2) is 4.98 Å². The Morgan fingerprint density at radius 1 is 1.06 bits per heavy atom. The van der Waals surface area contributed by atoms with E-state index in [1.165, 1.54) is 11.3 Å². The fourth-order valence-corrected chi connectivity index (χ4v) is 5.46. The molecule has 0 saturated heterocycles. The van der Waals surface area contributed by atoms with Crippen LogP contribution >= 0.6 is 11.3 Å². The van der Waals surface area contributed by atoms with Gasteiger partial charge in [-0.15, -0.1) is 11.3 Å². The molecule has 0 radical (unpaired) electrons. The van der Waals surface area contributed by atoms with Crippen LogP contribution in [0.3, 0.4) is 0 Å². The lowest BCUT2D eigenvalue weighted by atomic mass is 9.94. The summed E-state index contributed by atoms with van der Waals surface area (Å²) in [6.45, 7) is 10.7. The van der Waals surface area contributed by atoms with Crippen LogP contribution in [0, 0.1) is 13.8 Å². The van der Waals surface area contributed by atoms with Crippen LogP contribution in [0.4, 0.5) is 0 Å². The highest BCUT2D eigenvalue weighted by Crippen LogP contribution is 2.41. The van der Waals surface area contributed by atoms with Gasteiger partial charge in [0.25, 0.3) is 5.91 Å². The Hall–Kier alpha value is -3.29. The third-order valence-corrected chi connectivity index (χ3v) is 7.72. The quantitative estimate of drug-likeness (QED) is 0.410. The normalized spacial score (nSPS) is 16.0. The molecule has 1 N–H and O–H groups in total. The number of amides is 1. The third-order valence-electron chi connectivity index (χ3n) is 6.52. The summed E-state index contributed by atoms with van der Waals surface area (Å²) in [5, 5.41) is 11.7. The molecule has 0 saturated carbocycles. The van der Waals surface area contributed by atoms with Crippen molar-refractivity contribution in [2.45, 2.75) is 33.7 Å². The number of hydrogen-bond acceptors (Lipinski definition) is 6. The number of carbonyl (C=O) groups excluding carboxylic acids is 2. The number of carbonyl (C=O) groups is 2. The van der Waals surface area contributed by atoms with Gasteiger partial charge < -0.3 is 14.9 Å². The SMILES string of the molecule is CCN(CC)CCN1C(=O)C(O)=C(C(=O)c2sc(-c3ccccc3)nc2C)C1c1ccc(C)cc1. The number of benzene rings is 2. The third kappa shape index (κ3) is 4.92. The van der Waals surface area contributed by atoms with Gasteiger partial charge in [-0.3, -0.25) is 9.59 Å². The highest BCUT2D eigenvalue weighted by molar-refractivity contribution is 7.17. The topological polar surface area (TPSA) is 73.7 Å². The van der Waals surface area contributed by atoms with Crippen molar-refractivity contribution >= 4 is 23.0 Å². The number of aryl methyl sites for hydroxylation is 2. The van der Waals surface area contributed by atoms with E-state index in [1.807, 2.05) is 61.5 Å². The van der Waals surface area contributed by atoms with Crippen molar-refractivity contribution < 1.29 is 14.7 Å². The number of aromatic nitrogens is 1. The standard InChI is InChI=1S/C28H31N3O3S/c1-5-30(6-2)16-17-31-23(20-14-12-18(3)13-15-20)22(25(33)28(31)34)24(32)26-19(4)29-27(35-26)21-10-8-7-9-11-21/h7-15,23,33H,5-6,16-17H2,1-4H3. The molecule has 6 nitrogen and oxygen atoms in total. The number of ketones is 1. The van der Waals surface area contributed by atoms with E-state index in [4.69, 9.17) is 0 Å². The first-order valence-corrected chi connectivity index (χ1v) is 12.8. The Kier molecular flexibility index (Phi) is 7.48. The van der Waals surface area contributed by atoms with Crippen LogP contribution in [0.15, 0.2) is 65.9 Å². The molecule has 1 unspecified atom stereocenters. The van der Waals surface area contributed by atoms with Gasteiger partial charge in [0.05, 0.1) is 22.2 Å². The van der Waals surface area contributed by atoms with Crippen LogP contribution in [0.1, 0.15) is 46.4 Å². The zero-order chi connectivity index (χ0) is 25.1. The number of thiazole rings is 1. The van der Waals surface area contributed by atoms with Crippen LogP contribution in [0.5, 0.6) is 0 Å². The monoisotopic (exact) mass is 489 g/mol. The molecule has 35 heavy (non-hydrogen) atoms. The first kappa shape index (κ1) is 24.8. The Balaban J connectivity index is 1.74. The Morgan fingerprint density at radius 2 is 1.71 bits per heavy atom. The number of rotatable bonds is 9. The van der Waals surface area contributed by atoms with Gasteiger partial charge in [-0.1, -0.05) is 74.0 Å². The maximum Gasteiger partial charge on any atom is 0.290 e. The lowest BCUT2D eigenvalue weighted by Crippen LogP contribution is -2.38. The van der Waals surface area contributed by atoms with Crippen LogP contribution in [-0.2, 0) is 4.79 Å². The van der Waals surface area contributed by atoms with Gasteiger partial charge in [0.1, 0.15) is 5.01 Å². The molecular weight excluding hydrogens is 458 g/mol. The number of nitrogens with zero attached hydrogens (tertiary/aromatic N) is 3. The maximum absolute atomic E-state index is 13.9. The molecule has 2 aromatic carbocycles. The van der Waals surface area contributed by atoms with E-state index in [2.05, 4.69) is 23.7 Å². The van der Waals surface area contributed by atoms with E-state index in [0.717, 1.165) is 34.8 Å². The lowest BCUT2D eigenvalue weighted by molar-refractivity contribution is -0.129. The summed E-state index contributed by atoms with van der Waals surface area (Å²) in [4.78, 5) is 36.0. The van der Waals surface area contributed by atoms with Crippen molar-refractivity contribution in [2.75, 3.05) is 26.2 Å². The van der Waals surface area contributed by atoms with Crippen molar-refractivity contribution in [2.24, 2.45) is 0 Å². The average molecular weight is 490 g/mol. The fraction of sp³-hybridized carbons (Fsp3) is 0.321. The lowest BCUT2D eigenvalue weighted by Gasteiger charge is -2.29. The van der Waals surface area contributed by atoms with Crippen molar-refractivity contribution in [3.05, 3.63) is 87.6 Å². The first-order valence-electron chi connectivity index (χ1n) is 12.0. The molecule has 1 aliphatic rings. The summed E-state index contributed by atoms with van der Waals surface area (Å²) in [6, 6.07) is 16.8. The van der Waals surface area contributed by atoms with Crippen LogP contribution in [-0.4, -0.2) is 57.8 Å². The number of likely N-dealkylation sites (N-methyl/N-ethyl adjacent to an activating group) is 1. The summed E-state index contributed by atoms with van der Waals surface area (Å²) in [6.07, 6.45) is 0. The predicted molar refractivity (Wildman–Crippen MR) is 140 cm³/mol. The molecule has 2 heterocycles. The minimum Gasteiger partial charge on any atom is -0.503 e. The second kappa shape index (κ2) is 10.5. The van der Waals surface area contributed by atoms with Crippen LogP contribution < -0.4 is 0 Å². The second-order valence-corrected chi connectivity index (χ2v) is 9.73. The predicted octanol–water partition coefficient (Wildman–Crippen LogP) is 5.35. The average Bonchev–Trinajstić information content (AvgIpc) is 3.38. The number of aliphatic hydroxyl groups excluding tert-OH is 1. The Labute approximate surface area is 210 Å².